The van der Waals surface area contributed by atoms with Crippen LogP contribution in [0.2, 0.25) is 0 Å². The van der Waals surface area contributed by atoms with Crippen molar-refractivity contribution in [2.24, 2.45) is 17.3 Å². The van der Waals surface area contributed by atoms with E-state index in [-0.39, 0.29) is 35.7 Å². The monoisotopic (exact) mass is 583 g/mol. The molecule has 9 nitrogen and oxygen atoms in total. The number of carbonyl (C=O) groups excluding carboxylic acids is 2. The first kappa shape index (κ1) is 29.1. The van der Waals surface area contributed by atoms with Gasteiger partial charge in [0.2, 0.25) is 5.91 Å². The summed E-state index contributed by atoms with van der Waals surface area (Å²) in [6.45, 7) is 6.18. The van der Waals surface area contributed by atoms with E-state index in [0.29, 0.717) is 17.8 Å². The number of aliphatic carboxylic acids is 1. The van der Waals surface area contributed by atoms with Crippen molar-refractivity contribution < 1.29 is 19.5 Å². The third kappa shape index (κ3) is 5.13. The predicted molar refractivity (Wildman–Crippen MR) is 164 cm³/mol. The van der Waals surface area contributed by atoms with Crippen LogP contribution >= 0.6 is 0 Å². The van der Waals surface area contributed by atoms with E-state index < -0.39 is 23.5 Å². The number of imidazole rings is 1. The van der Waals surface area contributed by atoms with Crippen LogP contribution in [0.1, 0.15) is 92.7 Å². The van der Waals surface area contributed by atoms with Gasteiger partial charge in [0.25, 0.3) is 5.91 Å². The lowest BCUT2D eigenvalue weighted by molar-refractivity contribution is -0.149. The largest absolute Gasteiger partial charge is 0.481 e. The molecule has 1 aliphatic carbocycles. The molecular formula is C34H41N5O4. The highest BCUT2D eigenvalue weighted by Gasteiger charge is 2.50. The predicted octanol–water partition coefficient (Wildman–Crippen LogP) is 5.28. The SMILES string of the molecule is CC(n1ccnc1[C@H]1[C@@H]2CCN[C@H]2c2ccccc2N1C(=O)[C@H]1CCCC[C@H]1NC(=O)c1ccccc1)C(C)(C)C(=O)O. The van der Waals surface area contributed by atoms with Gasteiger partial charge in [0.05, 0.1) is 17.4 Å². The van der Waals surface area contributed by atoms with Gasteiger partial charge >= 0.3 is 5.97 Å². The smallest absolute Gasteiger partial charge is 0.311 e. The Hall–Kier alpha value is -3.98. The van der Waals surface area contributed by atoms with E-state index in [1.54, 1.807) is 32.2 Å². The summed E-state index contributed by atoms with van der Waals surface area (Å²) in [5, 5.41) is 16.9. The highest BCUT2D eigenvalue weighted by Crippen LogP contribution is 2.52. The molecule has 3 aliphatic rings. The van der Waals surface area contributed by atoms with Crippen molar-refractivity contribution in [2.75, 3.05) is 11.4 Å². The Labute approximate surface area is 252 Å². The summed E-state index contributed by atoms with van der Waals surface area (Å²) in [5.74, 6) is -0.702. The molecule has 3 heterocycles. The number of carboxylic acid groups (broad SMARTS) is 1. The second kappa shape index (κ2) is 11.6. The van der Waals surface area contributed by atoms with E-state index in [4.69, 9.17) is 4.98 Å². The minimum atomic E-state index is -1.06. The minimum Gasteiger partial charge on any atom is -0.481 e. The van der Waals surface area contributed by atoms with Crippen LogP contribution < -0.4 is 15.5 Å². The van der Waals surface area contributed by atoms with Crippen molar-refractivity contribution in [3.63, 3.8) is 0 Å². The maximum Gasteiger partial charge on any atom is 0.311 e. The number of nitrogens with zero attached hydrogens (tertiary/aromatic N) is 3. The van der Waals surface area contributed by atoms with Crippen LogP contribution in [0.15, 0.2) is 67.0 Å². The third-order valence-electron chi connectivity index (χ3n) is 10.1. The molecule has 2 amide bonds. The lowest BCUT2D eigenvalue weighted by atomic mass is 9.78. The van der Waals surface area contributed by atoms with E-state index in [1.165, 1.54) is 0 Å². The maximum atomic E-state index is 14.9. The number of hydrogen-bond acceptors (Lipinski definition) is 5. The molecule has 6 rings (SSSR count). The number of hydrogen-bond donors (Lipinski definition) is 3. The van der Waals surface area contributed by atoms with Gasteiger partial charge in [-0.3, -0.25) is 14.4 Å². The van der Waals surface area contributed by atoms with Gasteiger partial charge in [0.1, 0.15) is 5.82 Å². The van der Waals surface area contributed by atoms with Crippen molar-refractivity contribution in [1.29, 1.82) is 0 Å². The standard InChI is InChI=1S/C34H41N5O4/c1-21(34(2,3)33(42)43)38-20-19-36-30(38)29-25-17-18-35-28(25)24-14-8-10-16-27(24)39(29)32(41)23-13-7-9-15-26(23)37-31(40)22-11-5-4-6-12-22/h4-6,8,10-12,14,16,19-21,23,25-26,28-29,35H,7,9,13,15,17-18H2,1-3H3,(H,37,40)(H,42,43)/t21?,23-,25+,26+,28-,29+/m0/s1. The van der Waals surface area contributed by atoms with E-state index in [9.17, 15) is 19.5 Å². The fraction of sp³-hybridized carbons (Fsp3) is 0.471. The van der Waals surface area contributed by atoms with Crippen molar-refractivity contribution in [3.05, 3.63) is 83.9 Å². The zero-order chi connectivity index (χ0) is 30.3. The van der Waals surface area contributed by atoms with Gasteiger partial charge in [0, 0.05) is 47.7 Å². The number of carbonyl (C=O) groups is 3. The highest BCUT2D eigenvalue weighted by molar-refractivity contribution is 5.99. The maximum absolute atomic E-state index is 14.9. The number of carboxylic acids is 1. The number of benzene rings is 2. The molecule has 6 atom stereocenters. The van der Waals surface area contributed by atoms with Crippen LogP contribution in [0, 0.1) is 17.3 Å². The molecule has 226 valence electrons. The summed E-state index contributed by atoms with van der Waals surface area (Å²) < 4.78 is 1.96. The first-order valence-electron chi connectivity index (χ1n) is 15.5. The highest BCUT2D eigenvalue weighted by atomic mass is 16.4. The molecule has 3 aromatic rings. The zero-order valence-corrected chi connectivity index (χ0v) is 25.1. The van der Waals surface area contributed by atoms with E-state index >= 15 is 0 Å². The Morgan fingerprint density at radius 1 is 1.02 bits per heavy atom. The van der Waals surface area contributed by atoms with E-state index in [0.717, 1.165) is 43.5 Å². The van der Waals surface area contributed by atoms with Crippen LogP contribution in [-0.4, -0.2) is 45.0 Å². The second-order valence-corrected chi connectivity index (χ2v) is 12.8. The second-order valence-electron chi connectivity index (χ2n) is 12.8. The molecular weight excluding hydrogens is 542 g/mol. The topological polar surface area (TPSA) is 117 Å². The summed E-state index contributed by atoms with van der Waals surface area (Å²) in [5.41, 5.74) is 1.47. The molecule has 0 bridgehead atoms. The zero-order valence-electron chi connectivity index (χ0n) is 25.1. The van der Waals surface area contributed by atoms with Gasteiger partial charge in [-0.15, -0.1) is 0 Å². The van der Waals surface area contributed by atoms with Crippen LogP contribution in [0.5, 0.6) is 0 Å². The van der Waals surface area contributed by atoms with Crippen LogP contribution in [0.25, 0.3) is 0 Å². The van der Waals surface area contributed by atoms with Crippen molar-refractivity contribution in [3.8, 4) is 0 Å². The van der Waals surface area contributed by atoms with Gasteiger partial charge in [-0.25, -0.2) is 4.98 Å². The molecule has 2 aliphatic heterocycles. The van der Waals surface area contributed by atoms with Gasteiger partial charge in [0.15, 0.2) is 0 Å². The van der Waals surface area contributed by atoms with Gasteiger partial charge in [-0.1, -0.05) is 49.2 Å². The molecule has 0 spiro atoms. The lowest BCUT2D eigenvalue weighted by Gasteiger charge is -2.46. The summed E-state index contributed by atoms with van der Waals surface area (Å²) in [6, 6.07) is 16.2. The molecule has 3 N–H and O–H groups in total. The van der Waals surface area contributed by atoms with Gasteiger partial charge < -0.3 is 25.2 Å². The number of para-hydroxylation sites is 1. The van der Waals surface area contributed by atoms with Crippen molar-refractivity contribution >= 4 is 23.5 Å². The summed E-state index contributed by atoms with van der Waals surface area (Å²) in [6.07, 6.45) is 7.71. The van der Waals surface area contributed by atoms with Crippen LogP contribution in [0.4, 0.5) is 5.69 Å². The van der Waals surface area contributed by atoms with Gasteiger partial charge in [-0.2, -0.15) is 0 Å². The number of nitrogens with one attached hydrogen (secondary N) is 2. The van der Waals surface area contributed by atoms with Gasteiger partial charge in [-0.05, 0) is 70.3 Å². The molecule has 1 aromatic heterocycles. The Bertz CT molecular complexity index is 1500. The quantitative estimate of drug-likeness (QED) is 0.348. The van der Waals surface area contributed by atoms with E-state index in [2.05, 4.69) is 16.7 Å². The Morgan fingerprint density at radius 2 is 1.74 bits per heavy atom. The fourth-order valence-electron chi connectivity index (χ4n) is 7.30. The molecule has 2 fully saturated rings. The number of amides is 2. The lowest BCUT2D eigenvalue weighted by Crippen LogP contribution is -2.53. The molecule has 1 unspecified atom stereocenters. The first-order valence-corrected chi connectivity index (χ1v) is 15.5. The summed E-state index contributed by atoms with van der Waals surface area (Å²) in [4.78, 5) is 47.2. The van der Waals surface area contributed by atoms with Crippen molar-refractivity contribution in [2.45, 2.75) is 77.0 Å². The van der Waals surface area contributed by atoms with Crippen molar-refractivity contribution in [1.82, 2.24) is 20.2 Å². The average molecular weight is 584 g/mol. The number of anilines is 1. The minimum absolute atomic E-state index is 0.0134. The Kier molecular flexibility index (Phi) is 7.85. The van der Waals surface area contributed by atoms with Crippen LogP contribution in [-0.2, 0) is 9.59 Å². The summed E-state index contributed by atoms with van der Waals surface area (Å²) in [7, 11) is 0. The Balaban J connectivity index is 1.42. The molecule has 43 heavy (non-hydrogen) atoms. The molecule has 1 saturated carbocycles. The van der Waals surface area contributed by atoms with E-state index in [1.807, 2.05) is 59.0 Å². The molecule has 1 saturated heterocycles. The normalized spacial score (nSPS) is 25.8. The fourth-order valence-corrected chi connectivity index (χ4v) is 7.30. The average Bonchev–Trinajstić information content (AvgIpc) is 3.71. The number of fused-ring (bicyclic) bond motifs is 3. The van der Waals surface area contributed by atoms with Crippen LogP contribution in [0.3, 0.4) is 0 Å². The summed E-state index contributed by atoms with van der Waals surface area (Å²) >= 11 is 0. The first-order chi connectivity index (χ1) is 20.7. The molecule has 2 aromatic carbocycles. The Morgan fingerprint density at radius 3 is 2.51 bits per heavy atom. The number of aromatic nitrogens is 2. The molecule has 9 heteroatoms. The molecule has 0 radical (unpaired) electrons. The third-order valence-corrected chi connectivity index (χ3v) is 10.1. The number of rotatable bonds is 7.